The number of nitrogens with two attached hydrogens (primary N) is 1. The number of pyridine rings is 1. The van der Waals surface area contributed by atoms with Crippen LogP contribution in [0.25, 0.3) is 16.8 Å². The maximum atomic E-state index is 13.7. The second-order valence-corrected chi connectivity index (χ2v) is 8.85. The summed E-state index contributed by atoms with van der Waals surface area (Å²) in [6, 6.07) is 8.90. The minimum Gasteiger partial charge on any atom is -0.480 e. The maximum Gasteiger partial charge on any atom is 0.418 e. The summed E-state index contributed by atoms with van der Waals surface area (Å²) >= 11 is 5.90. The molecule has 37 heavy (non-hydrogen) atoms. The van der Waals surface area contributed by atoms with Crippen molar-refractivity contribution in [3.63, 3.8) is 0 Å². The van der Waals surface area contributed by atoms with Gasteiger partial charge in [-0.05, 0) is 43.2 Å². The Morgan fingerprint density at radius 1 is 1.22 bits per heavy atom. The number of alkyl halides is 3. The summed E-state index contributed by atoms with van der Waals surface area (Å²) in [6.45, 7) is 1.69. The number of nitrogens with zero attached hydrogens (tertiary/aromatic N) is 4. The summed E-state index contributed by atoms with van der Waals surface area (Å²) < 4.78 is 47.2. The van der Waals surface area contributed by atoms with Crippen molar-refractivity contribution < 1.29 is 27.8 Å². The second-order valence-electron chi connectivity index (χ2n) is 8.41. The number of nitrogens with one attached hydrogen (secondary N) is 1. The predicted octanol–water partition coefficient (Wildman–Crippen LogP) is 4.08. The summed E-state index contributed by atoms with van der Waals surface area (Å²) in [4.78, 5) is 20.7. The molecule has 3 aromatic heterocycles. The summed E-state index contributed by atoms with van der Waals surface area (Å²) in [7, 11) is 1.31. The van der Waals surface area contributed by atoms with Crippen LogP contribution in [-0.4, -0.2) is 44.3 Å². The van der Waals surface area contributed by atoms with Crippen molar-refractivity contribution in [1.29, 1.82) is 0 Å². The molecule has 0 radical (unpaired) electrons. The second kappa shape index (κ2) is 9.87. The van der Waals surface area contributed by atoms with Gasteiger partial charge in [-0.3, -0.25) is 4.79 Å². The quantitative estimate of drug-likeness (QED) is 0.326. The van der Waals surface area contributed by atoms with Gasteiger partial charge in [-0.2, -0.15) is 18.3 Å². The van der Waals surface area contributed by atoms with Crippen LogP contribution in [-0.2, 0) is 11.8 Å². The third-order valence-corrected chi connectivity index (χ3v) is 6.09. The number of benzene rings is 1. The van der Waals surface area contributed by atoms with Crippen molar-refractivity contribution in [2.24, 2.45) is 0 Å². The maximum absolute atomic E-state index is 13.7. The SMILES string of the molecule is COc1ncc(-c2cc(C(F)(F)F)c3c(N)ncnn23)cc1C(=O)NCCC(C)(O)c1ccc(Cl)cc1. The van der Waals surface area contributed by atoms with Crippen LogP contribution >= 0.6 is 11.6 Å². The predicted molar refractivity (Wildman–Crippen MR) is 130 cm³/mol. The van der Waals surface area contributed by atoms with E-state index in [9.17, 15) is 23.1 Å². The molecule has 1 unspecified atom stereocenters. The van der Waals surface area contributed by atoms with Gasteiger partial charge in [0.15, 0.2) is 5.82 Å². The zero-order valence-electron chi connectivity index (χ0n) is 19.7. The number of carbonyl (C=O) groups excluding carboxylic acids is 1. The van der Waals surface area contributed by atoms with E-state index in [1.54, 1.807) is 31.2 Å². The highest BCUT2D eigenvalue weighted by atomic mass is 35.5. The average molecular weight is 535 g/mol. The Hall–Kier alpha value is -3.90. The highest BCUT2D eigenvalue weighted by Crippen LogP contribution is 2.39. The molecular formula is C24H22ClF3N6O3. The fourth-order valence-corrected chi connectivity index (χ4v) is 4.00. The van der Waals surface area contributed by atoms with E-state index < -0.39 is 28.8 Å². The van der Waals surface area contributed by atoms with E-state index >= 15 is 0 Å². The molecule has 3 heterocycles. The van der Waals surface area contributed by atoms with Crippen LogP contribution in [0.3, 0.4) is 0 Å². The van der Waals surface area contributed by atoms with Crippen molar-refractivity contribution in [2.45, 2.75) is 25.1 Å². The Labute approximate surface area is 214 Å². The molecule has 0 aliphatic carbocycles. The standard InChI is InChI=1S/C24H22ClF3N6O3/c1-23(36,14-3-5-15(25)6-4-14)7-8-30-21(35)16-9-13(11-31-22(16)37-2)18-10-17(24(26,27)28)19-20(29)32-12-33-34(18)19/h3-6,9-12,36H,7-8H2,1-2H3,(H,30,35)(H2,29,32,33). The Morgan fingerprint density at radius 3 is 2.57 bits per heavy atom. The molecule has 4 N–H and O–H groups in total. The number of amides is 1. The first-order valence-electron chi connectivity index (χ1n) is 10.9. The van der Waals surface area contributed by atoms with E-state index in [1.807, 2.05) is 0 Å². The molecule has 0 spiro atoms. The van der Waals surface area contributed by atoms with E-state index in [0.717, 1.165) is 16.9 Å². The lowest BCUT2D eigenvalue weighted by Gasteiger charge is -2.24. The third-order valence-electron chi connectivity index (χ3n) is 5.84. The first kappa shape index (κ1) is 26.2. The molecule has 4 rings (SSSR count). The van der Waals surface area contributed by atoms with Crippen LogP contribution in [0, 0.1) is 0 Å². The van der Waals surface area contributed by atoms with E-state index in [0.29, 0.717) is 10.6 Å². The molecule has 1 amide bonds. The first-order chi connectivity index (χ1) is 17.4. The number of carbonyl (C=O) groups is 1. The Balaban J connectivity index is 1.62. The largest absolute Gasteiger partial charge is 0.480 e. The lowest BCUT2D eigenvalue weighted by molar-refractivity contribution is -0.136. The highest BCUT2D eigenvalue weighted by molar-refractivity contribution is 6.30. The van der Waals surface area contributed by atoms with Crippen LogP contribution in [0.1, 0.15) is 34.8 Å². The smallest absolute Gasteiger partial charge is 0.418 e. The monoisotopic (exact) mass is 534 g/mol. The number of methoxy groups -OCH3 is 1. The van der Waals surface area contributed by atoms with E-state index in [4.69, 9.17) is 22.1 Å². The number of aromatic nitrogens is 4. The molecular weight excluding hydrogens is 513 g/mol. The van der Waals surface area contributed by atoms with Gasteiger partial charge in [0.05, 0.1) is 24.0 Å². The van der Waals surface area contributed by atoms with Crippen LogP contribution in [0.4, 0.5) is 19.0 Å². The van der Waals surface area contributed by atoms with Crippen molar-refractivity contribution in [3.05, 3.63) is 70.6 Å². The lowest BCUT2D eigenvalue weighted by Crippen LogP contribution is -2.31. The summed E-state index contributed by atoms with van der Waals surface area (Å²) in [5, 5.41) is 17.9. The van der Waals surface area contributed by atoms with Crippen LogP contribution in [0.5, 0.6) is 5.88 Å². The average Bonchev–Trinajstić information content (AvgIpc) is 3.25. The van der Waals surface area contributed by atoms with E-state index in [2.05, 4.69) is 20.4 Å². The molecule has 1 atom stereocenters. The van der Waals surface area contributed by atoms with Crippen molar-refractivity contribution in [2.75, 3.05) is 19.4 Å². The van der Waals surface area contributed by atoms with Gasteiger partial charge in [-0.25, -0.2) is 14.5 Å². The van der Waals surface area contributed by atoms with Crippen molar-refractivity contribution in [1.82, 2.24) is 24.9 Å². The van der Waals surface area contributed by atoms with Gasteiger partial charge in [0.25, 0.3) is 5.91 Å². The Bertz CT molecular complexity index is 1450. The third kappa shape index (κ3) is 5.30. The minimum atomic E-state index is -4.72. The topological polar surface area (TPSA) is 128 Å². The van der Waals surface area contributed by atoms with Gasteiger partial charge < -0.3 is 20.9 Å². The fraction of sp³-hybridized carbons (Fsp3) is 0.250. The number of aliphatic hydroxyl groups is 1. The number of hydrogen-bond donors (Lipinski definition) is 3. The number of nitrogen functional groups attached to an aromatic ring is 1. The number of rotatable bonds is 7. The van der Waals surface area contributed by atoms with Gasteiger partial charge in [0, 0.05) is 23.3 Å². The van der Waals surface area contributed by atoms with E-state index in [-0.39, 0.29) is 41.5 Å². The molecule has 9 nitrogen and oxygen atoms in total. The summed E-state index contributed by atoms with van der Waals surface area (Å²) in [5.74, 6) is -0.971. The molecule has 1 aromatic carbocycles. The number of hydrogen-bond acceptors (Lipinski definition) is 7. The van der Waals surface area contributed by atoms with Gasteiger partial charge in [0.2, 0.25) is 5.88 Å². The molecule has 194 valence electrons. The number of halogens is 4. The number of ether oxygens (including phenoxy) is 1. The molecule has 0 fully saturated rings. The van der Waals surface area contributed by atoms with Crippen molar-refractivity contribution >= 4 is 28.8 Å². The van der Waals surface area contributed by atoms with E-state index in [1.165, 1.54) is 19.4 Å². The first-order valence-corrected chi connectivity index (χ1v) is 11.3. The summed E-state index contributed by atoms with van der Waals surface area (Å²) in [5.41, 5.74) is 3.81. The van der Waals surface area contributed by atoms with Crippen LogP contribution in [0.2, 0.25) is 5.02 Å². The van der Waals surface area contributed by atoms with Crippen LogP contribution in [0.15, 0.2) is 48.9 Å². The number of anilines is 1. The molecule has 0 saturated carbocycles. The molecule has 0 aliphatic heterocycles. The Kier molecular flexibility index (Phi) is 6.98. The number of fused-ring (bicyclic) bond motifs is 1. The van der Waals surface area contributed by atoms with Gasteiger partial charge in [0.1, 0.15) is 17.4 Å². The normalized spacial score (nSPS) is 13.4. The summed E-state index contributed by atoms with van der Waals surface area (Å²) in [6.07, 6.45) is -2.25. The van der Waals surface area contributed by atoms with Crippen molar-refractivity contribution in [3.8, 4) is 17.1 Å². The molecule has 0 bridgehead atoms. The fourth-order valence-electron chi connectivity index (χ4n) is 3.88. The van der Waals surface area contributed by atoms with Gasteiger partial charge in [-0.1, -0.05) is 23.7 Å². The highest BCUT2D eigenvalue weighted by Gasteiger charge is 2.36. The molecule has 13 heteroatoms. The van der Waals surface area contributed by atoms with Crippen LogP contribution < -0.4 is 15.8 Å². The Morgan fingerprint density at radius 2 is 1.92 bits per heavy atom. The molecule has 4 aromatic rings. The molecule has 0 aliphatic rings. The van der Waals surface area contributed by atoms with Gasteiger partial charge in [-0.15, -0.1) is 0 Å². The molecule has 0 saturated heterocycles. The van der Waals surface area contributed by atoms with Gasteiger partial charge >= 0.3 is 6.18 Å². The zero-order chi connectivity index (χ0) is 27.0. The lowest BCUT2D eigenvalue weighted by atomic mass is 9.92. The zero-order valence-corrected chi connectivity index (χ0v) is 20.4. The minimum absolute atomic E-state index is 0.00583.